The molecule has 0 spiro atoms. The van der Waals surface area contributed by atoms with Crippen LogP contribution >= 0.6 is 0 Å². The molecule has 5 heteroatoms. The van der Waals surface area contributed by atoms with Crippen LogP contribution in [0.5, 0.6) is 0 Å². The third-order valence-electron chi connectivity index (χ3n) is 4.25. The van der Waals surface area contributed by atoms with Crippen molar-refractivity contribution in [3.8, 4) is 0 Å². The number of carboxylic acid groups (broad SMARTS) is 1. The summed E-state index contributed by atoms with van der Waals surface area (Å²) < 4.78 is 0. The molecule has 1 rings (SSSR count). The lowest BCUT2D eigenvalue weighted by atomic mass is 9.86. The van der Waals surface area contributed by atoms with Crippen LogP contribution in [-0.4, -0.2) is 46.1 Å². The molecule has 0 aromatic carbocycles. The van der Waals surface area contributed by atoms with Gasteiger partial charge in [-0.1, -0.05) is 20.8 Å². The van der Waals surface area contributed by atoms with Gasteiger partial charge in [-0.25, -0.2) is 4.79 Å². The van der Waals surface area contributed by atoms with Crippen molar-refractivity contribution >= 4 is 11.9 Å². The number of carbonyl (C=O) groups is 2. The maximum Gasteiger partial charge on any atom is 0.326 e. The number of nitrogens with zero attached hydrogens (tertiary/aromatic N) is 1. The van der Waals surface area contributed by atoms with E-state index in [1.54, 1.807) is 0 Å². The Labute approximate surface area is 121 Å². The molecule has 1 aliphatic rings. The predicted octanol–water partition coefficient (Wildman–Crippen LogP) is 1.86. The number of likely N-dealkylation sites (tertiary alicyclic amines) is 1. The third-order valence-corrected chi connectivity index (χ3v) is 4.25. The molecular formula is C15H28N2O3. The van der Waals surface area contributed by atoms with Crippen LogP contribution in [0.1, 0.15) is 54.4 Å². The average Bonchev–Trinajstić information content (AvgIpc) is 2.62. The van der Waals surface area contributed by atoms with Crippen LogP contribution < -0.4 is 5.32 Å². The topological polar surface area (TPSA) is 69.6 Å². The quantitative estimate of drug-likeness (QED) is 0.827. The Balaban J connectivity index is 2.77. The molecule has 5 nitrogen and oxygen atoms in total. The summed E-state index contributed by atoms with van der Waals surface area (Å²) in [6.45, 7) is 11.5. The van der Waals surface area contributed by atoms with Crippen LogP contribution in [0.3, 0.4) is 0 Å². The molecule has 0 aromatic heterocycles. The largest absolute Gasteiger partial charge is 0.480 e. The molecule has 3 unspecified atom stereocenters. The fourth-order valence-corrected chi connectivity index (χ4v) is 3.03. The second-order valence-electron chi connectivity index (χ2n) is 7.04. The molecule has 0 radical (unpaired) electrons. The number of nitrogens with one attached hydrogen (secondary N) is 1. The fourth-order valence-electron chi connectivity index (χ4n) is 3.03. The normalized spacial score (nSPS) is 27.1. The first-order valence-corrected chi connectivity index (χ1v) is 7.36. The lowest BCUT2D eigenvalue weighted by Gasteiger charge is -2.34. The van der Waals surface area contributed by atoms with E-state index in [0.29, 0.717) is 12.1 Å². The summed E-state index contributed by atoms with van der Waals surface area (Å²) in [6.07, 6.45) is 2.17. The molecule has 1 heterocycles. The number of carbonyl (C=O) groups excluding carboxylic acids is 1. The second kappa shape index (κ2) is 6.12. The highest BCUT2D eigenvalue weighted by molar-refractivity contribution is 5.87. The van der Waals surface area contributed by atoms with Crippen molar-refractivity contribution in [2.45, 2.75) is 78.6 Å². The summed E-state index contributed by atoms with van der Waals surface area (Å²) in [5.74, 6) is -1.19. The molecule has 0 aliphatic carbocycles. The van der Waals surface area contributed by atoms with Gasteiger partial charge in [-0.3, -0.25) is 9.69 Å². The van der Waals surface area contributed by atoms with Crippen LogP contribution in [0.2, 0.25) is 0 Å². The number of aliphatic carboxylic acids is 1. The lowest BCUT2D eigenvalue weighted by Crippen LogP contribution is -2.56. The molecule has 1 fully saturated rings. The molecule has 0 saturated carbocycles. The van der Waals surface area contributed by atoms with Crippen molar-refractivity contribution in [3.05, 3.63) is 0 Å². The highest BCUT2D eigenvalue weighted by atomic mass is 16.4. The summed E-state index contributed by atoms with van der Waals surface area (Å²) >= 11 is 0. The van der Waals surface area contributed by atoms with Crippen molar-refractivity contribution in [2.24, 2.45) is 5.41 Å². The Hall–Kier alpha value is -1.10. The molecule has 116 valence electrons. The second-order valence-corrected chi connectivity index (χ2v) is 7.04. The molecular weight excluding hydrogens is 256 g/mol. The van der Waals surface area contributed by atoms with E-state index in [1.807, 2.05) is 27.7 Å². The average molecular weight is 284 g/mol. The van der Waals surface area contributed by atoms with E-state index in [9.17, 15) is 14.7 Å². The van der Waals surface area contributed by atoms with E-state index in [0.717, 1.165) is 12.8 Å². The summed E-state index contributed by atoms with van der Waals surface area (Å²) in [5, 5.41) is 12.0. The fraction of sp³-hybridized carbons (Fsp3) is 0.867. The molecule has 2 N–H and O–H groups in total. The minimum absolute atomic E-state index is 0.201. The van der Waals surface area contributed by atoms with Gasteiger partial charge < -0.3 is 10.4 Å². The van der Waals surface area contributed by atoms with E-state index < -0.39 is 17.4 Å². The number of rotatable bonds is 4. The molecule has 1 amide bonds. The smallest absolute Gasteiger partial charge is 0.326 e. The molecule has 0 bridgehead atoms. The van der Waals surface area contributed by atoms with Gasteiger partial charge in [0.1, 0.15) is 6.04 Å². The zero-order valence-corrected chi connectivity index (χ0v) is 13.4. The number of amides is 1. The van der Waals surface area contributed by atoms with E-state index in [1.165, 1.54) is 0 Å². The van der Waals surface area contributed by atoms with Crippen molar-refractivity contribution in [3.63, 3.8) is 0 Å². The van der Waals surface area contributed by atoms with Crippen LogP contribution in [0, 0.1) is 5.41 Å². The van der Waals surface area contributed by atoms with E-state index >= 15 is 0 Å². The lowest BCUT2D eigenvalue weighted by molar-refractivity contribution is -0.146. The van der Waals surface area contributed by atoms with Crippen molar-refractivity contribution in [1.82, 2.24) is 10.2 Å². The van der Waals surface area contributed by atoms with Crippen molar-refractivity contribution < 1.29 is 14.7 Å². The van der Waals surface area contributed by atoms with Crippen LogP contribution in [0.15, 0.2) is 0 Å². The molecule has 4 atom stereocenters. The van der Waals surface area contributed by atoms with Crippen LogP contribution in [0.4, 0.5) is 0 Å². The first-order chi connectivity index (χ1) is 9.05. The zero-order valence-electron chi connectivity index (χ0n) is 13.4. The third kappa shape index (κ3) is 3.72. The van der Waals surface area contributed by atoms with Crippen LogP contribution in [0.25, 0.3) is 0 Å². The van der Waals surface area contributed by atoms with Gasteiger partial charge in [0.25, 0.3) is 0 Å². The monoisotopic (exact) mass is 284 g/mol. The van der Waals surface area contributed by atoms with E-state index in [2.05, 4.69) is 24.1 Å². The highest BCUT2D eigenvalue weighted by Crippen LogP contribution is 2.26. The summed E-state index contributed by atoms with van der Waals surface area (Å²) in [6, 6.07) is -0.440. The molecule has 1 aliphatic heterocycles. The summed E-state index contributed by atoms with van der Waals surface area (Å²) in [5.41, 5.74) is -0.510. The Morgan fingerprint density at radius 2 is 1.65 bits per heavy atom. The van der Waals surface area contributed by atoms with Gasteiger partial charge in [-0.2, -0.15) is 0 Å². The standard InChI is InChI=1S/C15H28N2O3/c1-9-7-8-10(2)17(9)11(3)13(18)16-12(14(19)20)15(4,5)6/h9-12H,7-8H2,1-6H3,(H,16,18)(H,19,20)/t9?,10?,11?,12-/m1/s1. The van der Waals surface area contributed by atoms with E-state index in [-0.39, 0.29) is 11.9 Å². The van der Waals surface area contributed by atoms with Gasteiger partial charge in [0.05, 0.1) is 6.04 Å². The predicted molar refractivity (Wildman–Crippen MR) is 78.5 cm³/mol. The Bertz CT molecular complexity index is 366. The Kier molecular flexibility index (Phi) is 5.19. The van der Waals surface area contributed by atoms with Gasteiger partial charge in [-0.15, -0.1) is 0 Å². The maximum absolute atomic E-state index is 12.4. The van der Waals surface area contributed by atoms with Crippen molar-refractivity contribution in [2.75, 3.05) is 0 Å². The molecule has 20 heavy (non-hydrogen) atoms. The SMILES string of the molecule is CC1CCC(C)N1C(C)C(=O)N[C@H](C(=O)O)C(C)(C)C. The Morgan fingerprint density at radius 1 is 1.20 bits per heavy atom. The molecule has 1 saturated heterocycles. The van der Waals surface area contributed by atoms with Crippen LogP contribution in [-0.2, 0) is 9.59 Å². The summed E-state index contributed by atoms with van der Waals surface area (Å²) in [4.78, 5) is 25.9. The summed E-state index contributed by atoms with van der Waals surface area (Å²) in [7, 11) is 0. The minimum Gasteiger partial charge on any atom is -0.480 e. The van der Waals surface area contributed by atoms with E-state index in [4.69, 9.17) is 0 Å². The first kappa shape index (κ1) is 17.0. The van der Waals surface area contributed by atoms with Crippen molar-refractivity contribution in [1.29, 1.82) is 0 Å². The number of hydrogen-bond donors (Lipinski definition) is 2. The van der Waals surface area contributed by atoms with Gasteiger partial charge in [0.15, 0.2) is 0 Å². The van der Waals surface area contributed by atoms with Gasteiger partial charge in [-0.05, 0) is 39.0 Å². The number of carboxylic acids is 1. The minimum atomic E-state index is -0.986. The number of hydrogen-bond acceptors (Lipinski definition) is 3. The van der Waals surface area contributed by atoms with Gasteiger partial charge in [0, 0.05) is 12.1 Å². The first-order valence-electron chi connectivity index (χ1n) is 7.36. The van der Waals surface area contributed by atoms with Gasteiger partial charge in [0.2, 0.25) is 5.91 Å². The zero-order chi connectivity index (χ0) is 15.7. The Morgan fingerprint density at radius 3 is 2.00 bits per heavy atom. The highest BCUT2D eigenvalue weighted by Gasteiger charge is 2.38. The maximum atomic E-state index is 12.4. The van der Waals surface area contributed by atoms with Gasteiger partial charge >= 0.3 is 5.97 Å². The molecule has 0 aromatic rings.